The van der Waals surface area contributed by atoms with E-state index in [0.717, 1.165) is 21.3 Å². The predicted molar refractivity (Wildman–Crippen MR) is 89.9 cm³/mol. The molecule has 0 saturated heterocycles. The standard InChI is InChI=1S/C17H17BrClNO/c1-10-3-6-16-12(7-10)15(20)9-17(2,21-16)13-5-4-11(18)8-14(13)19/h3-8,15H,9,20H2,1-2H3. The molecule has 0 aromatic heterocycles. The highest BCUT2D eigenvalue weighted by atomic mass is 79.9. The van der Waals surface area contributed by atoms with Crippen LogP contribution in [0.25, 0.3) is 0 Å². The molecule has 1 aliphatic rings. The lowest BCUT2D eigenvalue weighted by atomic mass is 9.83. The fourth-order valence-electron chi connectivity index (χ4n) is 2.95. The summed E-state index contributed by atoms with van der Waals surface area (Å²) in [5, 5.41) is 0.689. The molecule has 0 saturated carbocycles. The Balaban J connectivity index is 2.06. The van der Waals surface area contributed by atoms with E-state index in [-0.39, 0.29) is 6.04 Å². The third-order valence-electron chi connectivity index (χ3n) is 4.01. The SMILES string of the molecule is Cc1ccc2c(c1)C(N)CC(C)(c1ccc(Br)cc1Cl)O2. The predicted octanol–water partition coefficient (Wildman–Crippen LogP) is 5.11. The van der Waals surface area contributed by atoms with E-state index in [1.807, 2.05) is 37.3 Å². The van der Waals surface area contributed by atoms with E-state index >= 15 is 0 Å². The van der Waals surface area contributed by atoms with Gasteiger partial charge in [-0.2, -0.15) is 0 Å². The van der Waals surface area contributed by atoms with Crippen molar-refractivity contribution in [3.05, 3.63) is 62.6 Å². The fraction of sp³-hybridized carbons (Fsp3) is 0.294. The molecule has 2 aromatic carbocycles. The van der Waals surface area contributed by atoms with Crippen LogP contribution in [-0.2, 0) is 5.60 Å². The maximum absolute atomic E-state index is 6.40. The molecule has 0 radical (unpaired) electrons. The molecule has 0 aliphatic carbocycles. The minimum atomic E-state index is -0.514. The largest absolute Gasteiger partial charge is 0.482 e. The van der Waals surface area contributed by atoms with E-state index in [1.54, 1.807) is 0 Å². The van der Waals surface area contributed by atoms with Gasteiger partial charge in [0.15, 0.2) is 0 Å². The zero-order valence-corrected chi connectivity index (χ0v) is 14.3. The van der Waals surface area contributed by atoms with Crippen LogP contribution in [0.1, 0.15) is 36.1 Å². The van der Waals surface area contributed by atoms with Crippen molar-refractivity contribution >= 4 is 27.5 Å². The Hall–Kier alpha value is -1.03. The zero-order chi connectivity index (χ0) is 15.2. The van der Waals surface area contributed by atoms with Crippen molar-refractivity contribution in [2.24, 2.45) is 5.73 Å². The minimum Gasteiger partial charge on any atom is -0.482 e. The first-order valence-electron chi connectivity index (χ1n) is 6.90. The maximum atomic E-state index is 6.40. The molecule has 110 valence electrons. The summed E-state index contributed by atoms with van der Waals surface area (Å²) in [4.78, 5) is 0. The van der Waals surface area contributed by atoms with Gasteiger partial charge in [-0.1, -0.05) is 51.3 Å². The number of hydrogen-bond acceptors (Lipinski definition) is 2. The van der Waals surface area contributed by atoms with E-state index in [2.05, 4.69) is 28.9 Å². The number of ether oxygens (including phenoxy) is 1. The molecule has 3 rings (SSSR count). The number of halogens is 2. The number of hydrogen-bond donors (Lipinski definition) is 1. The third kappa shape index (κ3) is 2.70. The Morgan fingerprint density at radius 3 is 2.76 bits per heavy atom. The molecule has 0 spiro atoms. The molecule has 4 heteroatoms. The summed E-state index contributed by atoms with van der Waals surface area (Å²) < 4.78 is 7.23. The van der Waals surface area contributed by atoms with Gasteiger partial charge in [-0.3, -0.25) is 0 Å². The van der Waals surface area contributed by atoms with E-state index in [0.29, 0.717) is 11.4 Å². The smallest absolute Gasteiger partial charge is 0.134 e. The summed E-state index contributed by atoms with van der Waals surface area (Å²) in [6, 6.07) is 11.9. The summed E-state index contributed by atoms with van der Waals surface area (Å²) in [5.41, 5.74) is 9.09. The molecule has 1 aliphatic heterocycles. The van der Waals surface area contributed by atoms with Crippen LogP contribution in [-0.4, -0.2) is 0 Å². The van der Waals surface area contributed by atoms with Crippen LogP contribution in [0.3, 0.4) is 0 Å². The summed E-state index contributed by atoms with van der Waals surface area (Å²) in [5.74, 6) is 0.848. The molecule has 2 aromatic rings. The van der Waals surface area contributed by atoms with Crippen LogP contribution in [0.5, 0.6) is 5.75 Å². The van der Waals surface area contributed by atoms with E-state index < -0.39 is 5.60 Å². The van der Waals surface area contributed by atoms with Gasteiger partial charge in [0.25, 0.3) is 0 Å². The second-order valence-electron chi connectivity index (χ2n) is 5.81. The van der Waals surface area contributed by atoms with E-state index in [4.69, 9.17) is 22.1 Å². The van der Waals surface area contributed by atoms with Gasteiger partial charge in [-0.25, -0.2) is 0 Å². The van der Waals surface area contributed by atoms with Gasteiger partial charge in [-0.15, -0.1) is 0 Å². The van der Waals surface area contributed by atoms with Gasteiger partial charge in [0.05, 0.1) is 0 Å². The molecule has 21 heavy (non-hydrogen) atoms. The Kier molecular flexibility index (Phi) is 3.76. The summed E-state index contributed by atoms with van der Waals surface area (Å²) in [6.07, 6.45) is 0.699. The van der Waals surface area contributed by atoms with Crippen LogP contribution in [0.15, 0.2) is 40.9 Å². The molecule has 0 fully saturated rings. The molecule has 2 nitrogen and oxygen atoms in total. The van der Waals surface area contributed by atoms with Crippen molar-refractivity contribution in [1.82, 2.24) is 0 Å². The van der Waals surface area contributed by atoms with Gasteiger partial charge >= 0.3 is 0 Å². The Bertz CT molecular complexity index is 703. The highest BCUT2D eigenvalue weighted by molar-refractivity contribution is 9.10. The second kappa shape index (κ2) is 5.31. The first kappa shape index (κ1) is 14.9. The monoisotopic (exact) mass is 365 g/mol. The average molecular weight is 367 g/mol. The first-order chi connectivity index (χ1) is 9.89. The zero-order valence-electron chi connectivity index (χ0n) is 12.0. The molecule has 2 atom stereocenters. The van der Waals surface area contributed by atoms with Gasteiger partial charge in [0.1, 0.15) is 11.4 Å². The topological polar surface area (TPSA) is 35.2 Å². The average Bonchev–Trinajstić information content (AvgIpc) is 2.39. The van der Waals surface area contributed by atoms with Gasteiger partial charge in [-0.05, 0) is 32.0 Å². The van der Waals surface area contributed by atoms with Crippen LogP contribution in [0.2, 0.25) is 5.02 Å². The van der Waals surface area contributed by atoms with Crippen LogP contribution in [0, 0.1) is 6.92 Å². The van der Waals surface area contributed by atoms with Gasteiger partial charge in [0.2, 0.25) is 0 Å². The maximum Gasteiger partial charge on any atom is 0.134 e. The van der Waals surface area contributed by atoms with Gasteiger partial charge in [0, 0.05) is 33.1 Å². The molecular weight excluding hydrogens is 350 g/mol. The Morgan fingerprint density at radius 1 is 1.29 bits per heavy atom. The summed E-state index contributed by atoms with van der Waals surface area (Å²) >= 11 is 9.84. The second-order valence-corrected chi connectivity index (χ2v) is 7.13. The number of aryl methyl sites for hydroxylation is 1. The van der Waals surface area contributed by atoms with E-state index in [1.165, 1.54) is 5.56 Å². The van der Waals surface area contributed by atoms with Crippen LogP contribution in [0.4, 0.5) is 0 Å². The minimum absolute atomic E-state index is 0.0571. The highest BCUT2D eigenvalue weighted by Crippen LogP contribution is 2.45. The normalized spacial score (nSPS) is 24.3. The van der Waals surface area contributed by atoms with Crippen molar-refractivity contribution in [3.8, 4) is 5.75 Å². The van der Waals surface area contributed by atoms with Crippen molar-refractivity contribution < 1.29 is 4.74 Å². The number of benzene rings is 2. The fourth-order valence-corrected chi connectivity index (χ4v) is 3.82. The lowest BCUT2D eigenvalue weighted by Crippen LogP contribution is -2.38. The molecule has 0 amide bonds. The number of rotatable bonds is 1. The van der Waals surface area contributed by atoms with Crippen molar-refractivity contribution in [1.29, 1.82) is 0 Å². The summed E-state index contributed by atoms with van der Waals surface area (Å²) in [6.45, 7) is 4.11. The Morgan fingerprint density at radius 2 is 2.05 bits per heavy atom. The molecular formula is C17H17BrClNO. The lowest BCUT2D eigenvalue weighted by Gasteiger charge is -2.39. The Labute approximate surface area is 138 Å². The van der Waals surface area contributed by atoms with Crippen molar-refractivity contribution in [3.63, 3.8) is 0 Å². The molecule has 2 unspecified atom stereocenters. The van der Waals surface area contributed by atoms with Crippen LogP contribution < -0.4 is 10.5 Å². The lowest BCUT2D eigenvalue weighted by molar-refractivity contribution is 0.0512. The number of nitrogens with two attached hydrogens (primary N) is 1. The number of fused-ring (bicyclic) bond motifs is 1. The molecule has 1 heterocycles. The molecule has 2 N–H and O–H groups in total. The molecule has 0 bridgehead atoms. The van der Waals surface area contributed by atoms with Crippen molar-refractivity contribution in [2.45, 2.75) is 31.9 Å². The third-order valence-corrected chi connectivity index (χ3v) is 4.82. The van der Waals surface area contributed by atoms with Crippen molar-refractivity contribution in [2.75, 3.05) is 0 Å². The quantitative estimate of drug-likeness (QED) is 0.761. The van der Waals surface area contributed by atoms with Crippen LogP contribution >= 0.6 is 27.5 Å². The highest BCUT2D eigenvalue weighted by Gasteiger charge is 2.38. The van der Waals surface area contributed by atoms with Gasteiger partial charge < -0.3 is 10.5 Å². The first-order valence-corrected chi connectivity index (χ1v) is 8.07. The summed E-state index contributed by atoms with van der Waals surface area (Å²) in [7, 11) is 0. The van der Waals surface area contributed by atoms with E-state index in [9.17, 15) is 0 Å².